The third-order valence-corrected chi connectivity index (χ3v) is 5.63. The summed E-state index contributed by atoms with van der Waals surface area (Å²) in [6.45, 7) is 7.06. The van der Waals surface area contributed by atoms with Crippen LogP contribution in [-0.4, -0.2) is 29.1 Å². The summed E-state index contributed by atoms with van der Waals surface area (Å²) in [5.74, 6) is 1.38. The molecule has 0 aromatic heterocycles. The number of nitrogens with zero attached hydrogens (tertiary/aromatic N) is 1. The molecule has 1 fully saturated rings. The second kappa shape index (κ2) is 10.8. The number of benzene rings is 1. The SMILES string of the molecule is CCCN(CCCCC1CCCCC1)C(C)Cc1ccc(O)cc1. The van der Waals surface area contributed by atoms with Gasteiger partial charge in [-0.3, -0.25) is 0 Å². The van der Waals surface area contributed by atoms with Crippen molar-refractivity contribution in [3.8, 4) is 5.75 Å². The maximum atomic E-state index is 9.42. The highest BCUT2D eigenvalue weighted by molar-refractivity contribution is 5.26. The molecular formula is C22H37NO. The van der Waals surface area contributed by atoms with Crippen LogP contribution in [-0.2, 0) is 6.42 Å². The first-order valence-electron chi connectivity index (χ1n) is 10.2. The highest BCUT2D eigenvalue weighted by Crippen LogP contribution is 2.27. The summed E-state index contributed by atoms with van der Waals surface area (Å²) in [5.41, 5.74) is 1.32. The van der Waals surface area contributed by atoms with Crippen LogP contribution in [0, 0.1) is 5.92 Å². The quantitative estimate of drug-likeness (QED) is 0.549. The van der Waals surface area contributed by atoms with Crippen LogP contribution in [0.1, 0.15) is 77.2 Å². The van der Waals surface area contributed by atoms with Gasteiger partial charge in [0.2, 0.25) is 0 Å². The van der Waals surface area contributed by atoms with Crippen molar-refractivity contribution in [2.24, 2.45) is 5.92 Å². The fourth-order valence-electron chi connectivity index (χ4n) is 4.17. The Kier molecular flexibility index (Phi) is 8.66. The van der Waals surface area contributed by atoms with Gasteiger partial charge in [0.15, 0.2) is 0 Å². The molecule has 1 aromatic rings. The van der Waals surface area contributed by atoms with Crippen LogP contribution in [0.3, 0.4) is 0 Å². The van der Waals surface area contributed by atoms with E-state index in [1.54, 1.807) is 12.1 Å². The average Bonchev–Trinajstić information content (AvgIpc) is 2.60. The minimum atomic E-state index is 0.361. The molecule has 136 valence electrons. The number of phenols is 1. The smallest absolute Gasteiger partial charge is 0.115 e. The number of phenolic OH excluding ortho intramolecular Hbond substituents is 1. The van der Waals surface area contributed by atoms with Crippen LogP contribution in [0.15, 0.2) is 24.3 Å². The van der Waals surface area contributed by atoms with Crippen molar-refractivity contribution < 1.29 is 5.11 Å². The summed E-state index contributed by atoms with van der Waals surface area (Å²) >= 11 is 0. The minimum absolute atomic E-state index is 0.361. The predicted molar refractivity (Wildman–Crippen MR) is 104 cm³/mol. The van der Waals surface area contributed by atoms with Crippen LogP contribution < -0.4 is 0 Å². The second-order valence-electron chi connectivity index (χ2n) is 7.76. The van der Waals surface area contributed by atoms with Crippen molar-refractivity contribution in [3.05, 3.63) is 29.8 Å². The molecule has 0 heterocycles. The molecule has 1 aliphatic rings. The van der Waals surface area contributed by atoms with Gasteiger partial charge >= 0.3 is 0 Å². The molecule has 1 unspecified atom stereocenters. The lowest BCUT2D eigenvalue weighted by atomic mass is 9.86. The van der Waals surface area contributed by atoms with Crippen molar-refractivity contribution in [3.63, 3.8) is 0 Å². The first-order valence-corrected chi connectivity index (χ1v) is 10.2. The summed E-state index contributed by atoms with van der Waals surface area (Å²) < 4.78 is 0. The van der Waals surface area contributed by atoms with Crippen LogP contribution in [0.5, 0.6) is 5.75 Å². The number of hydrogen-bond acceptors (Lipinski definition) is 2. The molecule has 24 heavy (non-hydrogen) atoms. The van der Waals surface area contributed by atoms with E-state index in [4.69, 9.17) is 0 Å². The van der Waals surface area contributed by atoms with E-state index in [2.05, 4.69) is 30.9 Å². The van der Waals surface area contributed by atoms with Gasteiger partial charge in [0, 0.05) is 6.04 Å². The molecule has 0 saturated heterocycles. The molecular weight excluding hydrogens is 294 g/mol. The van der Waals surface area contributed by atoms with E-state index in [-0.39, 0.29) is 0 Å². The molecule has 2 nitrogen and oxygen atoms in total. The van der Waals surface area contributed by atoms with E-state index in [9.17, 15) is 5.11 Å². The van der Waals surface area contributed by atoms with Gasteiger partial charge in [0.1, 0.15) is 5.75 Å². The predicted octanol–water partition coefficient (Wildman–Crippen LogP) is 5.79. The lowest BCUT2D eigenvalue weighted by molar-refractivity contribution is 0.200. The first-order chi connectivity index (χ1) is 11.7. The van der Waals surface area contributed by atoms with Gasteiger partial charge < -0.3 is 10.0 Å². The zero-order chi connectivity index (χ0) is 17.2. The monoisotopic (exact) mass is 331 g/mol. The minimum Gasteiger partial charge on any atom is -0.508 e. The third kappa shape index (κ3) is 6.84. The van der Waals surface area contributed by atoms with Crippen molar-refractivity contribution in [2.75, 3.05) is 13.1 Å². The molecule has 0 spiro atoms. The Labute approximate surface area is 149 Å². The van der Waals surface area contributed by atoms with Crippen LogP contribution in [0.25, 0.3) is 0 Å². The van der Waals surface area contributed by atoms with Gasteiger partial charge in [0.05, 0.1) is 0 Å². The normalized spacial score (nSPS) is 17.3. The maximum Gasteiger partial charge on any atom is 0.115 e. The molecule has 1 N–H and O–H groups in total. The van der Waals surface area contributed by atoms with Gasteiger partial charge in [-0.2, -0.15) is 0 Å². The average molecular weight is 332 g/mol. The van der Waals surface area contributed by atoms with E-state index >= 15 is 0 Å². The van der Waals surface area contributed by atoms with Gasteiger partial charge in [-0.05, 0) is 62.9 Å². The van der Waals surface area contributed by atoms with E-state index in [0.717, 1.165) is 12.3 Å². The zero-order valence-corrected chi connectivity index (χ0v) is 15.8. The summed E-state index contributed by atoms with van der Waals surface area (Å²) in [7, 11) is 0. The van der Waals surface area contributed by atoms with Crippen molar-refractivity contribution in [2.45, 2.75) is 84.1 Å². The fraction of sp³-hybridized carbons (Fsp3) is 0.727. The summed E-state index contributed by atoms with van der Waals surface area (Å²) in [4.78, 5) is 2.66. The highest BCUT2D eigenvalue weighted by atomic mass is 16.3. The van der Waals surface area contributed by atoms with E-state index < -0.39 is 0 Å². The summed E-state index contributed by atoms with van der Waals surface area (Å²) in [5, 5.41) is 9.42. The fourth-order valence-corrected chi connectivity index (χ4v) is 4.17. The van der Waals surface area contributed by atoms with Crippen molar-refractivity contribution in [1.29, 1.82) is 0 Å². The van der Waals surface area contributed by atoms with Gasteiger partial charge in [-0.25, -0.2) is 0 Å². The van der Waals surface area contributed by atoms with E-state index in [0.29, 0.717) is 11.8 Å². The Hall–Kier alpha value is -1.02. The molecule has 1 atom stereocenters. The largest absolute Gasteiger partial charge is 0.508 e. The molecule has 1 saturated carbocycles. The van der Waals surface area contributed by atoms with Crippen LogP contribution in [0.2, 0.25) is 0 Å². The van der Waals surface area contributed by atoms with Gasteiger partial charge in [-0.15, -0.1) is 0 Å². The Morgan fingerprint density at radius 3 is 2.42 bits per heavy atom. The van der Waals surface area contributed by atoms with Crippen LogP contribution in [0.4, 0.5) is 0 Å². The standard InChI is InChI=1S/C22H37NO/c1-3-16-23(17-8-7-11-20-9-5-4-6-10-20)19(2)18-21-12-14-22(24)15-13-21/h12-15,19-20,24H,3-11,16-18H2,1-2H3. The molecule has 0 radical (unpaired) electrons. The van der Waals surface area contributed by atoms with Crippen molar-refractivity contribution in [1.82, 2.24) is 4.90 Å². The molecule has 1 aliphatic carbocycles. The molecule has 1 aromatic carbocycles. The van der Waals surface area contributed by atoms with Gasteiger partial charge in [-0.1, -0.05) is 64.0 Å². The number of unbranched alkanes of at least 4 members (excludes halogenated alkanes) is 1. The number of rotatable bonds is 10. The Morgan fingerprint density at radius 2 is 1.75 bits per heavy atom. The van der Waals surface area contributed by atoms with Crippen LogP contribution >= 0.6 is 0 Å². The zero-order valence-electron chi connectivity index (χ0n) is 15.8. The molecule has 2 heteroatoms. The maximum absolute atomic E-state index is 9.42. The summed E-state index contributed by atoms with van der Waals surface area (Å²) in [6.07, 6.45) is 13.9. The molecule has 0 aliphatic heterocycles. The van der Waals surface area contributed by atoms with Gasteiger partial charge in [0.25, 0.3) is 0 Å². The Morgan fingerprint density at radius 1 is 1.04 bits per heavy atom. The highest BCUT2D eigenvalue weighted by Gasteiger charge is 2.15. The second-order valence-corrected chi connectivity index (χ2v) is 7.76. The van der Waals surface area contributed by atoms with Crippen molar-refractivity contribution >= 4 is 0 Å². The Bertz CT molecular complexity index is 436. The lowest BCUT2D eigenvalue weighted by Gasteiger charge is -2.29. The number of hydrogen-bond donors (Lipinski definition) is 1. The first kappa shape index (κ1) is 19.3. The van der Waals surface area contributed by atoms with E-state index in [1.807, 2.05) is 0 Å². The molecule has 2 rings (SSSR count). The third-order valence-electron chi connectivity index (χ3n) is 5.63. The molecule has 0 bridgehead atoms. The summed E-state index contributed by atoms with van der Waals surface area (Å²) in [6, 6.07) is 8.29. The topological polar surface area (TPSA) is 23.5 Å². The Balaban J connectivity index is 1.72. The van der Waals surface area contributed by atoms with E-state index in [1.165, 1.54) is 76.4 Å². The number of aromatic hydroxyl groups is 1. The molecule has 0 amide bonds. The lowest BCUT2D eigenvalue weighted by Crippen LogP contribution is -2.36.